The van der Waals surface area contributed by atoms with E-state index in [0.717, 1.165) is 40.5 Å². The molecule has 0 amide bonds. The van der Waals surface area contributed by atoms with Crippen LogP contribution in [0.5, 0.6) is 0 Å². The summed E-state index contributed by atoms with van der Waals surface area (Å²) in [5.74, 6) is 0.109. The van der Waals surface area contributed by atoms with Crippen LogP contribution in [-0.2, 0) is 4.79 Å². The number of carbonyl (C=O) groups is 2. The molecule has 3 rings (SSSR count). The third-order valence-corrected chi connectivity index (χ3v) is 5.91. The highest BCUT2D eigenvalue weighted by atomic mass is 16.1. The first kappa shape index (κ1) is 20.8. The van der Waals surface area contributed by atoms with E-state index in [-0.39, 0.29) is 18.0 Å². The Morgan fingerprint density at radius 3 is 2.59 bits per heavy atom. The van der Waals surface area contributed by atoms with E-state index in [4.69, 9.17) is 6.57 Å². The highest BCUT2D eigenvalue weighted by Gasteiger charge is 2.21. The van der Waals surface area contributed by atoms with E-state index in [0.29, 0.717) is 30.1 Å². The smallest absolute Gasteiger partial charge is 0.190 e. The zero-order valence-electron chi connectivity index (χ0n) is 17.7. The Kier molecular flexibility index (Phi) is 6.17. The Hall–Kier alpha value is -2.93. The van der Waals surface area contributed by atoms with Gasteiger partial charge >= 0.3 is 0 Å². The van der Waals surface area contributed by atoms with Crippen LogP contribution in [0.15, 0.2) is 47.2 Å². The van der Waals surface area contributed by atoms with Crippen molar-refractivity contribution in [1.82, 2.24) is 4.57 Å². The fraction of sp³-hybridized carbons (Fsp3) is 0.400. The second-order valence-corrected chi connectivity index (χ2v) is 7.91. The van der Waals surface area contributed by atoms with Gasteiger partial charge in [0.05, 0.1) is 6.57 Å². The molecule has 0 spiro atoms. The Morgan fingerprint density at radius 1 is 1.24 bits per heavy atom. The van der Waals surface area contributed by atoms with Crippen LogP contribution in [0, 0.1) is 6.57 Å². The molecule has 1 aliphatic rings. The number of rotatable bonds is 7. The molecule has 29 heavy (non-hydrogen) atoms. The molecule has 0 unspecified atom stereocenters. The minimum absolute atomic E-state index is 0.0119. The summed E-state index contributed by atoms with van der Waals surface area (Å²) in [5.41, 5.74) is 4.80. The normalized spacial score (nSPS) is 14.5. The summed E-state index contributed by atoms with van der Waals surface area (Å²) >= 11 is 0. The molecule has 0 saturated heterocycles. The van der Waals surface area contributed by atoms with Gasteiger partial charge in [0.1, 0.15) is 0 Å². The second-order valence-electron chi connectivity index (χ2n) is 7.91. The molecule has 1 aromatic heterocycles. The van der Waals surface area contributed by atoms with Gasteiger partial charge in [0.15, 0.2) is 17.3 Å². The Morgan fingerprint density at radius 2 is 1.97 bits per heavy atom. The summed E-state index contributed by atoms with van der Waals surface area (Å²) in [7, 11) is 0. The molecular weight excluding hydrogens is 360 g/mol. The maximum Gasteiger partial charge on any atom is 0.190 e. The summed E-state index contributed by atoms with van der Waals surface area (Å²) < 4.78 is 2.19. The van der Waals surface area contributed by atoms with Crippen LogP contribution in [0.1, 0.15) is 76.2 Å². The summed E-state index contributed by atoms with van der Waals surface area (Å²) in [6.45, 7) is 15.7. The average Bonchev–Trinajstić information content (AvgIpc) is 3.11. The number of hydrogen-bond donors (Lipinski definition) is 0. The molecule has 0 bridgehead atoms. The van der Waals surface area contributed by atoms with Gasteiger partial charge in [-0.05, 0) is 62.5 Å². The predicted molar refractivity (Wildman–Crippen MR) is 117 cm³/mol. The van der Waals surface area contributed by atoms with Crippen molar-refractivity contribution in [2.75, 3.05) is 0 Å². The van der Waals surface area contributed by atoms with Crippen LogP contribution in [0.25, 0.3) is 15.7 Å². The van der Waals surface area contributed by atoms with Gasteiger partial charge in [0.2, 0.25) is 0 Å². The minimum atomic E-state index is -0.0119. The van der Waals surface area contributed by atoms with Gasteiger partial charge in [0.25, 0.3) is 0 Å². The van der Waals surface area contributed by atoms with Gasteiger partial charge in [-0.3, -0.25) is 9.59 Å². The summed E-state index contributed by atoms with van der Waals surface area (Å²) in [5, 5.41) is 0.894. The number of fused-ring (bicyclic) bond motifs is 1. The van der Waals surface area contributed by atoms with E-state index in [1.165, 1.54) is 0 Å². The molecule has 150 valence electrons. The monoisotopic (exact) mass is 388 g/mol. The molecule has 1 aromatic carbocycles. The molecule has 0 radical (unpaired) electrons. The van der Waals surface area contributed by atoms with Crippen LogP contribution in [0.4, 0.5) is 5.69 Å². The van der Waals surface area contributed by atoms with Crippen molar-refractivity contribution in [3.8, 4) is 0 Å². The highest BCUT2D eigenvalue weighted by molar-refractivity contribution is 6.09. The Balaban J connectivity index is 1.95. The maximum atomic E-state index is 13.1. The molecule has 1 heterocycles. The topological polar surface area (TPSA) is 43.4 Å². The van der Waals surface area contributed by atoms with E-state index >= 15 is 0 Å². The van der Waals surface area contributed by atoms with Crippen molar-refractivity contribution < 1.29 is 9.59 Å². The molecular formula is C25H28N2O2. The van der Waals surface area contributed by atoms with Crippen LogP contribution in [0.3, 0.4) is 0 Å². The van der Waals surface area contributed by atoms with Crippen molar-refractivity contribution in [1.29, 1.82) is 0 Å². The number of nitrogens with zero attached hydrogens (tertiary/aromatic N) is 2. The van der Waals surface area contributed by atoms with E-state index < -0.39 is 0 Å². The first-order valence-corrected chi connectivity index (χ1v) is 10.3. The number of Topliss-reactive ketones (excluding diaryl/α,β-unsaturated/α-hetero) is 2. The molecule has 2 aromatic rings. The quantitative estimate of drug-likeness (QED) is 0.389. The lowest BCUT2D eigenvalue weighted by Gasteiger charge is -2.17. The van der Waals surface area contributed by atoms with Gasteiger partial charge < -0.3 is 4.57 Å². The zero-order valence-corrected chi connectivity index (χ0v) is 17.7. The fourth-order valence-corrected chi connectivity index (χ4v) is 4.34. The first-order chi connectivity index (χ1) is 13.9. The third-order valence-electron chi connectivity index (χ3n) is 5.91. The summed E-state index contributed by atoms with van der Waals surface area (Å²) in [6.07, 6.45) is 7.22. The molecule has 0 saturated carbocycles. The molecule has 0 atom stereocenters. The van der Waals surface area contributed by atoms with Crippen LogP contribution < -0.4 is 0 Å². The van der Waals surface area contributed by atoms with Crippen LogP contribution in [0.2, 0.25) is 0 Å². The molecule has 4 nitrogen and oxygen atoms in total. The zero-order chi connectivity index (χ0) is 21.1. The van der Waals surface area contributed by atoms with Crippen molar-refractivity contribution in [2.45, 2.75) is 65.8 Å². The lowest BCUT2D eigenvalue weighted by molar-refractivity contribution is -0.115. The SMILES string of the molecule is [C-]#[N+]c1cc(C(=O)CCC2=C(C)C=C(C)CC2=O)c2ccn(C(CC)CC)c2c1. The van der Waals surface area contributed by atoms with Crippen molar-refractivity contribution in [3.63, 3.8) is 0 Å². The number of carbonyl (C=O) groups excluding carboxylic acids is 2. The van der Waals surface area contributed by atoms with Gasteiger partial charge in [-0.2, -0.15) is 0 Å². The number of ketones is 2. The lowest BCUT2D eigenvalue weighted by Crippen LogP contribution is -2.11. The van der Waals surface area contributed by atoms with E-state index in [1.807, 2.05) is 38.3 Å². The summed E-state index contributed by atoms with van der Waals surface area (Å²) in [4.78, 5) is 29.1. The number of benzene rings is 1. The molecule has 1 aliphatic carbocycles. The second kappa shape index (κ2) is 8.61. The van der Waals surface area contributed by atoms with Gasteiger partial charge in [-0.1, -0.05) is 25.5 Å². The van der Waals surface area contributed by atoms with Gasteiger partial charge in [-0.15, -0.1) is 0 Å². The Labute approximate surface area is 172 Å². The fourth-order valence-electron chi connectivity index (χ4n) is 4.34. The molecule has 4 heteroatoms. The van der Waals surface area contributed by atoms with E-state index in [2.05, 4.69) is 23.3 Å². The standard InChI is InChI=1S/C25H28N2O2/c1-6-19(7-2)27-11-10-21-22(14-18(26-5)15-23(21)27)24(28)9-8-20-17(4)12-16(3)13-25(20)29/h10-12,14-15,19H,6-9,13H2,1-4H3. The first-order valence-electron chi connectivity index (χ1n) is 10.3. The lowest BCUT2D eigenvalue weighted by atomic mass is 9.88. The largest absolute Gasteiger partial charge is 0.345 e. The third kappa shape index (κ3) is 4.10. The molecule has 0 N–H and O–H groups in total. The average molecular weight is 389 g/mol. The maximum absolute atomic E-state index is 13.1. The minimum Gasteiger partial charge on any atom is -0.345 e. The van der Waals surface area contributed by atoms with Gasteiger partial charge in [0, 0.05) is 41.5 Å². The van der Waals surface area contributed by atoms with Crippen molar-refractivity contribution in [2.24, 2.45) is 0 Å². The molecule has 0 aliphatic heterocycles. The number of aromatic nitrogens is 1. The van der Waals surface area contributed by atoms with Crippen molar-refractivity contribution in [3.05, 3.63) is 64.2 Å². The van der Waals surface area contributed by atoms with Crippen LogP contribution >= 0.6 is 0 Å². The Bertz CT molecular complexity index is 1070. The summed E-state index contributed by atoms with van der Waals surface area (Å²) in [6, 6.07) is 5.90. The van der Waals surface area contributed by atoms with Gasteiger partial charge in [-0.25, -0.2) is 4.85 Å². The number of hydrogen-bond acceptors (Lipinski definition) is 2. The van der Waals surface area contributed by atoms with E-state index in [1.54, 1.807) is 6.07 Å². The van der Waals surface area contributed by atoms with E-state index in [9.17, 15) is 9.59 Å². The molecule has 0 fully saturated rings. The van der Waals surface area contributed by atoms with Crippen molar-refractivity contribution >= 4 is 28.2 Å². The highest BCUT2D eigenvalue weighted by Crippen LogP contribution is 2.32. The van der Waals surface area contributed by atoms with Crippen LogP contribution in [-0.4, -0.2) is 16.1 Å². The predicted octanol–water partition coefficient (Wildman–Crippen LogP) is 6.75. The number of allylic oxidation sites excluding steroid dienone is 4.